The molecule has 1 fully saturated rings. The lowest BCUT2D eigenvalue weighted by Crippen LogP contribution is -2.46. The van der Waals surface area contributed by atoms with E-state index < -0.39 is 12.3 Å². The number of aliphatic hydroxyl groups excluding tert-OH is 1. The second-order valence-corrected chi connectivity index (χ2v) is 4.25. The molecule has 1 saturated heterocycles. The molecule has 1 aromatic rings. The fourth-order valence-corrected chi connectivity index (χ4v) is 2.36. The first kappa shape index (κ1) is 10.5. The van der Waals surface area contributed by atoms with Gasteiger partial charge >= 0.3 is 0 Å². The predicted octanol–water partition coefficient (Wildman–Crippen LogP) is 0.843. The number of fused-ring (bicyclic) bond motifs is 1. The van der Waals surface area contributed by atoms with E-state index in [0.29, 0.717) is 6.61 Å². The molecule has 2 heterocycles. The number of aliphatic hydroxyl groups is 1. The number of nitrogens with zero attached hydrogens (tertiary/aromatic N) is 1. The van der Waals surface area contributed by atoms with E-state index >= 15 is 0 Å². The Hall–Kier alpha value is -1.65. The van der Waals surface area contributed by atoms with Gasteiger partial charge < -0.3 is 14.7 Å². The minimum Gasteiger partial charge on any atom is -0.384 e. The van der Waals surface area contributed by atoms with Gasteiger partial charge in [0.15, 0.2) is 6.23 Å². The summed E-state index contributed by atoms with van der Waals surface area (Å²) >= 11 is 0. The van der Waals surface area contributed by atoms with Gasteiger partial charge in [-0.2, -0.15) is 0 Å². The van der Waals surface area contributed by atoms with Crippen molar-refractivity contribution in [2.45, 2.75) is 18.4 Å². The van der Waals surface area contributed by atoms with Crippen molar-refractivity contribution in [3.05, 3.63) is 48.0 Å². The molecule has 1 aromatic carbocycles. The Kier molecular flexibility index (Phi) is 2.46. The second kappa shape index (κ2) is 3.98. The number of ether oxygens (including phenoxy) is 1. The lowest BCUT2D eigenvalue weighted by Gasteiger charge is -2.31. The van der Waals surface area contributed by atoms with Crippen LogP contribution in [0.15, 0.2) is 42.5 Å². The highest BCUT2D eigenvalue weighted by Crippen LogP contribution is 2.33. The van der Waals surface area contributed by atoms with Gasteiger partial charge in [0.1, 0.15) is 6.10 Å². The van der Waals surface area contributed by atoms with Gasteiger partial charge in [-0.05, 0) is 11.6 Å². The molecule has 88 valence electrons. The Bertz CT molecular complexity index is 457. The van der Waals surface area contributed by atoms with Crippen molar-refractivity contribution in [1.82, 2.24) is 4.90 Å². The van der Waals surface area contributed by atoms with Crippen molar-refractivity contribution in [1.29, 1.82) is 0 Å². The van der Waals surface area contributed by atoms with Gasteiger partial charge in [-0.1, -0.05) is 30.3 Å². The largest absolute Gasteiger partial charge is 0.384 e. The Labute approximate surface area is 99.1 Å². The van der Waals surface area contributed by atoms with E-state index in [1.807, 2.05) is 30.3 Å². The summed E-state index contributed by atoms with van der Waals surface area (Å²) in [4.78, 5) is 13.5. The maximum absolute atomic E-state index is 11.9. The molecule has 0 bridgehead atoms. The molecule has 0 aromatic heterocycles. The van der Waals surface area contributed by atoms with Gasteiger partial charge in [0, 0.05) is 6.08 Å². The lowest BCUT2D eigenvalue weighted by molar-refractivity contribution is -0.139. The monoisotopic (exact) mass is 231 g/mol. The molecular weight excluding hydrogens is 218 g/mol. The quantitative estimate of drug-likeness (QED) is 0.779. The third kappa shape index (κ3) is 1.66. The molecule has 3 atom stereocenters. The summed E-state index contributed by atoms with van der Waals surface area (Å²) in [5, 5.41) is 9.76. The number of benzene rings is 1. The first-order valence-electron chi connectivity index (χ1n) is 5.62. The Balaban J connectivity index is 1.94. The van der Waals surface area contributed by atoms with Crippen LogP contribution >= 0.6 is 0 Å². The van der Waals surface area contributed by atoms with E-state index in [-0.39, 0.29) is 11.9 Å². The molecule has 4 nitrogen and oxygen atoms in total. The third-order valence-electron chi connectivity index (χ3n) is 3.20. The molecule has 2 aliphatic heterocycles. The van der Waals surface area contributed by atoms with Crippen molar-refractivity contribution < 1.29 is 14.6 Å². The van der Waals surface area contributed by atoms with Crippen LogP contribution in [0.5, 0.6) is 0 Å². The molecule has 2 aliphatic rings. The van der Waals surface area contributed by atoms with Crippen LogP contribution in [0.3, 0.4) is 0 Å². The number of hydrogen-bond acceptors (Lipinski definition) is 3. The maximum atomic E-state index is 11.9. The van der Waals surface area contributed by atoms with E-state index in [1.165, 1.54) is 12.2 Å². The molecule has 0 aliphatic carbocycles. The van der Waals surface area contributed by atoms with E-state index in [9.17, 15) is 9.90 Å². The summed E-state index contributed by atoms with van der Waals surface area (Å²) in [6.45, 7) is 0.430. The van der Waals surface area contributed by atoms with Gasteiger partial charge in [0.25, 0.3) is 0 Å². The predicted molar refractivity (Wildman–Crippen MR) is 60.9 cm³/mol. The smallest absolute Gasteiger partial charge is 0.249 e. The van der Waals surface area contributed by atoms with Crippen LogP contribution in [0.2, 0.25) is 0 Å². The minimum absolute atomic E-state index is 0.103. The van der Waals surface area contributed by atoms with Crippen LogP contribution in [0.4, 0.5) is 0 Å². The summed E-state index contributed by atoms with van der Waals surface area (Å²) in [5.41, 5.74) is 1.03. The summed E-state index contributed by atoms with van der Waals surface area (Å²) in [6.07, 6.45) is 1.61. The second-order valence-electron chi connectivity index (χ2n) is 4.25. The SMILES string of the molecule is O=C1C=C[C@H](O)C2OCC(c3ccccc3)N12. The molecule has 1 N–H and O–H groups in total. The van der Waals surface area contributed by atoms with Crippen molar-refractivity contribution in [3.63, 3.8) is 0 Å². The number of carbonyl (C=O) groups is 1. The fraction of sp³-hybridized carbons (Fsp3) is 0.308. The van der Waals surface area contributed by atoms with E-state index in [1.54, 1.807) is 4.90 Å². The van der Waals surface area contributed by atoms with Crippen molar-refractivity contribution in [2.75, 3.05) is 6.61 Å². The van der Waals surface area contributed by atoms with Gasteiger partial charge in [-0.15, -0.1) is 0 Å². The molecule has 2 unspecified atom stereocenters. The molecule has 1 amide bonds. The Morgan fingerprint density at radius 3 is 2.82 bits per heavy atom. The third-order valence-corrected chi connectivity index (χ3v) is 3.20. The summed E-state index contributed by atoms with van der Waals surface area (Å²) < 4.78 is 5.51. The molecule has 0 saturated carbocycles. The van der Waals surface area contributed by atoms with Gasteiger partial charge in [0.2, 0.25) is 5.91 Å². The van der Waals surface area contributed by atoms with Crippen LogP contribution in [0, 0.1) is 0 Å². The first-order chi connectivity index (χ1) is 8.27. The number of carbonyl (C=O) groups excluding carboxylic acids is 1. The molecular formula is C13H13NO3. The highest BCUT2D eigenvalue weighted by Gasteiger charge is 2.42. The standard InChI is InChI=1S/C13H13NO3/c15-11-6-7-12(16)14-10(8-17-13(11)14)9-4-2-1-3-5-9/h1-7,10-11,13,15H,8H2/t10?,11-,13?/m0/s1. The van der Waals surface area contributed by atoms with Gasteiger partial charge in [-0.25, -0.2) is 0 Å². The number of hydrogen-bond donors (Lipinski definition) is 1. The number of amides is 1. The molecule has 0 radical (unpaired) electrons. The normalized spacial score (nSPS) is 31.7. The maximum Gasteiger partial charge on any atom is 0.249 e. The molecule has 3 rings (SSSR count). The Morgan fingerprint density at radius 1 is 1.29 bits per heavy atom. The highest BCUT2D eigenvalue weighted by molar-refractivity contribution is 5.89. The first-order valence-corrected chi connectivity index (χ1v) is 5.62. The van der Waals surface area contributed by atoms with Gasteiger partial charge in [0.05, 0.1) is 12.6 Å². The van der Waals surface area contributed by atoms with Crippen LogP contribution in [-0.4, -0.2) is 34.9 Å². The lowest BCUT2D eigenvalue weighted by atomic mass is 10.0. The van der Waals surface area contributed by atoms with E-state index in [2.05, 4.69) is 0 Å². The average Bonchev–Trinajstić information content (AvgIpc) is 2.81. The summed E-state index contributed by atoms with van der Waals surface area (Å²) in [5.74, 6) is -0.105. The topological polar surface area (TPSA) is 49.8 Å². The van der Waals surface area contributed by atoms with E-state index in [0.717, 1.165) is 5.56 Å². The molecule has 17 heavy (non-hydrogen) atoms. The average molecular weight is 231 g/mol. The molecule has 0 spiro atoms. The Morgan fingerprint density at radius 2 is 2.06 bits per heavy atom. The van der Waals surface area contributed by atoms with Crippen molar-refractivity contribution >= 4 is 5.91 Å². The molecule has 4 heteroatoms. The zero-order chi connectivity index (χ0) is 11.8. The number of rotatable bonds is 1. The zero-order valence-corrected chi connectivity index (χ0v) is 9.19. The van der Waals surface area contributed by atoms with Crippen LogP contribution in [0.1, 0.15) is 11.6 Å². The zero-order valence-electron chi connectivity index (χ0n) is 9.19. The fourth-order valence-electron chi connectivity index (χ4n) is 2.36. The van der Waals surface area contributed by atoms with Crippen LogP contribution < -0.4 is 0 Å². The van der Waals surface area contributed by atoms with Gasteiger partial charge in [-0.3, -0.25) is 4.79 Å². The van der Waals surface area contributed by atoms with Crippen molar-refractivity contribution in [3.8, 4) is 0 Å². The summed E-state index contributed by atoms with van der Waals surface area (Å²) in [6, 6.07) is 9.63. The van der Waals surface area contributed by atoms with E-state index in [4.69, 9.17) is 4.74 Å². The minimum atomic E-state index is -0.735. The van der Waals surface area contributed by atoms with Crippen molar-refractivity contribution in [2.24, 2.45) is 0 Å². The van der Waals surface area contributed by atoms with Crippen LogP contribution in [0.25, 0.3) is 0 Å². The van der Waals surface area contributed by atoms with Crippen LogP contribution in [-0.2, 0) is 9.53 Å². The summed E-state index contributed by atoms with van der Waals surface area (Å²) in [7, 11) is 0. The highest BCUT2D eigenvalue weighted by atomic mass is 16.5.